The standard InChI is InChI=1S/C12H17N5O/c1-18-9-12(3-2-4-17-12)8-16-11-7-14-10(5-13)6-15-11/h6-7,17H,2-4,8-9H2,1H3,(H,15,16). The highest BCUT2D eigenvalue weighted by atomic mass is 16.5. The molecule has 6 nitrogen and oxygen atoms in total. The van der Waals surface area contributed by atoms with Gasteiger partial charge in [0.2, 0.25) is 0 Å². The van der Waals surface area contributed by atoms with Gasteiger partial charge in [0.15, 0.2) is 5.69 Å². The second-order valence-electron chi connectivity index (χ2n) is 4.50. The lowest BCUT2D eigenvalue weighted by molar-refractivity contribution is 0.127. The molecule has 0 aliphatic carbocycles. The van der Waals surface area contributed by atoms with Crippen molar-refractivity contribution >= 4 is 5.82 Å². The fraction of sp³-hybridized carbons (Fsp3) is 0.583. The Morgan fingerprint density at radius 1 is 1.56 bits per heavy atom. The molecule has 0 amide bonds. The normalized spacial score (nSPS) is 22.7. The zero-order chi connectivity index (χ0) is 12.8. The van der Waals surface area contributed by atoms with Crippen LogP contribution in [0.3, 0.4) is 0 Å². The highest BCUT2D eigenvalue weighted by Crippen LogP contribution is 2.20. The predicted molar refractivity (Wildman–Crippen MR) is 67.1 cm³/mol. The molecule has 2 heterocycles. The quantitative estimate of drug-likeness (QED) is 0.789. The van der Waals surface area contributed by atoms with Crippen LogP contribution in [-0.4, -0.2) is 42.3 Å². The number of ether oxygens (including phenoxy) is 1. The minimum atomic E-state index is -0.0235. The number of nitrogens with one attached hydrogen (secondary N) is 2. The molecule has 6 heteroatoms. The summed E-state index contributed by atoms with van der Waals surface area (Å²) >= 11 is 0. The molecule has 18 heavy (non-hydrogen) atoms. The van der Waals surface area contributed by atoms with Crippen LogP contribution in [0.2, 0.25) is 0 Å². The van der Waals surface area contributed by atoms with Gasteiger partial charge in [-0.25, -0.2) is 9.97 Å². The lowest BCUT2D eigenvalue weighted by Gasteiger charge is -2.29. The number of aromatic nitrogens is 2. The average Bonchev–Trinajstić information content (AvgIpc) is 2.87. The van der Waals surface area contributed by atoms with E-state index >= 15 is 0 Å². The van der Waals surface area contributed by atoms with E-state index in [-0.39, 0.29) is 5.54 Å². The summed E-state index contributed by atoms with van der Waals surface area (Å²) in [5.41, 5.74) is 0.302. The molecule has 1 fully saturated rings. The summed E-state index contributed by atoms with van der Waals surface area (Å²) in [4.78, 5) is 8.11. The van der Waals surface area contributed by atoms with E-state index in [1.807, 2.05) is 6.07 Å². The monoisotopic (exact) mass is 247 g/mol. The topological polar surface area (TPSA) is 82.9 Å². The van der Waals surface area contributed by atoms with Gasteiger partial charge in [-0.2, -0.15) is 5.26 Å². The Labute approximate surface area is 106 Å². The third-order valence-electron chi connectivity index (χ3n) is 3.13. The van der Waals surface area contributed by atoms with Crippen molar-refractivity contribution in [2.24, 2.45) is 0 Å². The smallest absolute Gasteiger partial charge is 0.158 e. The summed E-state index contributed by atoms with van der Waals surface area (Å²) in [5.74, 6) is 0.679. The Bertz CT molecular complexity index is 419. The largest absolute Gasteiger partial charge is 0.383 e. The van der Waals surface area contributed by atoms with Gasteiger partial charge in [-0.05, 0) is 19.4 Å². The van der Waals surface area contributed by atoms with Crippen molar-refractivity contribution in [3.63, 3.8) is 0 Å². The molecular formula is C12H17N5O. The molecule has 0 bridgehead atoms. The van der Waals surface area contributed by atoms with Gasteiger partial charge in [0, 0.05) is 13.7 Å². The lowest BCUT2D eigenvalue weighted by Crippen LogP contribution is -2.49. The molecule has 2 rings (SSSR count). The second-order valence-corrected chi connectivity index (χ2v) is 4.50. The molecule has 1 aromatic heterocycles. The summed E-state index contributed by atoms with van der Waals surface area (Å²) in [6, 6.07) is 1.95. The SMILES string of the molecule is COCC1(CNc2cnc(C#N)cn2)CCCN1. The number of hydrogen-bond donors (Lipinski definition) is 2. The maximum atomic E-state index is 8.64. The molecule has 0 spiro atoms. The summed E-state index contributed by atoms with van der Waals surface area (Å²) in [6.45, 7) is 2.43. The van der Waals surface area contributed by atoms with Gasteiger partial charge in [0.25, 0.3) is 0 Å². The fourth-order valence-electron chi connectivity index (χ4n) is 2.21. The van der Waals surface area contributed by atoms with Gasteiger partial charge in [-0.15, -0.1) is 0 Å². The summed E-state index contributed by atoms with van der Waals surface area (Å²) < 4.78 is 5.27. The number of hydrogen-bond acceptors (Lipinski definition) is 6. The first-order chi connectivity index (χ1) is 8.78. The van der Waals surface area contributed by atoms with Gasteiger partial charge in [-0.3, -0.25) is 0 Å². The molecule has 1 aliphatic rings. The van der Waals surface area contributed by atoms with E-state index in [1.54, 1.807) is 13.3 Å². The number of anilines is 1. The molecule has 0 saturated carbocycles. The van der Waals surface area contributed by atoms with Crippen LogP contribution >= 0.6 is 0 Å². The molecule has 1 atom stereocenters. The van der Waals surface area contributed by atoms with Crippen LogP contribution in [0.1, 0.15) is 18.5 Å². The Balaban J connectivity index is 1.94. The number of methoxy groups -OCH3 is 1. The molecule has 0 radical (unpaired) electrons. The van der Waals surface area contributed by atoms with Crippen molar-refractivity contribution in [2.45, 2.75) is 18.4 Å². The van der Waals surface area contributed by atoms with Crippen molar-refractivity contribution in [1.82, 2.24) is 15.3 Å². The van der Waals surface area contributed by atoms with Crippen LogP contribution < -0.4 is 10.6 Å². The molecular weight excluding hydrogens is 230 g/mol. The minimum absolute atomic E-state index is 0.0235. The van der Waals surface area contributed by atoms with Crippen LogP contribution in [0.4, 0.5) is 5.82 Å². The zero-order valence-corrected chi connectivity index (χ0v) is 10.4. The van der Waals surface area contributed by atoms with Crippen molar-refractivity contribution in [1.29, 1.82) is 5.26 Å². The van der Waals surface area contributed by atoms with Gasteiger partial charge >= 0.3 is 0 Å². The second kappa shape index (κ2) is 5.76. The van der Waals surface area contributed by atoms with Gasteiger partial charge < -0.3 is 15.4 Å². The molecule has 0 aromatic carbocycles. The van der Waals surface area contributed by atoms with Gasteiger partial charge in [0.05, 0.1) is 24.5 Å². The van der Waals surface area contributed by atoms with Crippen LogP contribution in [-0.2, 0) is 4.74 Å². The third-order valence-corrected chi connectivity index (χ3v) is 3.13. The lowest BCUT2D eigenvalue weighted by atomic mass is 9.99. The molecule has 96 valence electrons. The molecule has 1 unspecified atom stereocenters. The molecule has 2 N–H and O–H groups in total. The van der Waals surface area contributed by atoms with Crippen molar-refractivity contribution in [2.75, 3.05) is 32.1 Å². The number of nitrogens with zero attached hydrogens (tertiary/aromatic N) is 3. The van der Waals surface area contributed by atoms with Gasteiger partial charge in [0.1, 0.15) is 11.9 Å². The minimum Gasteiger partial charge on any atom is -0.383 e. The number of nitriles is 1. The maximum Gasteiger partial charge on any atom is 0.158 e. The van der Waals surface area contributed by atoms with Crippen LogP contribution in [0.15, 0.2) is 12.4 Å². The van der Waals surface area contributed by atoms with Crippen LogP contribution in [0.5, 0.6) is 0 Å². The average molecular weight is 247 g/mol. The first-order valence-electron chi connectivity index (χ1n) is 5.98. The van der Waals surface area contributed by atoms with Crippen molar-refractivity contribution in [3.8, 4) is 6.07 Å². The molecule has 1 aromatic rings. The first kappa shape index (κ1) is 12.7. The van der Waals surface area contributed by atoms with E-state index in [0.29, 0.717) is 18.1 Å². The third kappa shape index (κ3) is 2.94. The Morgan fingerprint density at radius 2 is 2.44 bits per heavy atom. The van der Waals surface area contributed by atoms with E-state index in [0.717, 1.165) is 25.9 Å². The molecule has 1 aliphatic heterocycles. The van der Waals surface area contributed by atoms with E-state index in [1.165, 1.54) is 6.20 Å². The van der Waals surface area contributed by atoms with Crippen LogP contribution in [0.25, 0.3) is 0 Å². The van der Waals surface area contributed by atoms with Crippen LogP contribution in [0, 0.1) is 11.3 Å². The first-order valence-corrected chi connectivity index (χ1v) is 5.98. The Morgan fingerprint density at radius 3 is 3.00 bits per heavy atom. The van der Waals surface area contributed by atoms with E-state index in [4.69, 9.17) is 10.00 Å². The Hall–Kier alpha value is -1.71. The fourth-order valence-corrected chi connectivity index (χ4v) is 2.21. The van der Waals surface area contributed by atoms with E-state index in [9.17, 15) is 0 Å². The number of rotatable bonds is 5. The Kier molecular flexibility index (Phi) is 4.07. The van der Waals surface area contributed by atoms with E-state index in [2.05, 4.69) is 20.6 Å². The highest BCUT2D eigenvalue weighted by Gasteiger charge is 2.33. The summed E-state index contributed by atoms with van der Waals surface area (Å²) in [7, 11) is 1.71. The predicted octanol–water partition coefficient (Wildman–Crippen LogP) is 0.529. The van der Waals surface area contributed by atoms with Crippen molar-refractivity contribution in [3.05, 3.63) is 18.1 Å². The summed E-state index contributed by atoms with van der Waals surface area (Å²) in [5, 5.41) is 15.4. The van der Waals surface area contributed by atoms with Crippen molar-refractivity contribution < 1.29 is 4.74 Å². The molecule has 1 saturated heterocycles. The maximum absolute atomic E-state index is 8.64. The van der Waals surface area contributed by atoms with Gasteiger partial charge in [-0.1, -0.05) is 0 Å². The highest BCUT2D eigenvalue weighted by molar-refractivity contribution is 5.34. The zero-order valence-electron chi connectivity index (χ0n) is 10.4. The van der Waals surface area contributed by atoms with E-state index < -0.39 is 0 Å². The summed E-state index contributed by atoms with van der Waals surface area (Å²) in [6.07, 6.45) is 5.28.